The summed E-state index contributed by atoms with van der Waals surface area (Å²) in [5.41, 5.74) is -0.0776. The number of carbonyl (C=O) groups excluding carboxylic acids is 3. The Morgan fingerprint density at radius 3 is 2.48 bits per heavy atom. The fourth-order valence-electron chi connectivity index (χ4n) is 2.50. The van der Waals surface area contributed by atoms with Gasteiger partial charge in [-0.25, -0.2) is 19.1 Å². The van der Waals surface area contributed by atoms with E-state index in [1.54, 1.807) is 20.8 Å². The minimum atomic E-state index is -0.763. The zero-order valence-corrected chi connectivity index (χ0v) is 17.1. The minimum absolute atomic E-state index is 0.0989. The first-order valence-corrected chi connectivity index (χ1v) is 8.82. The van der Waals surface area contributed by atoms with Gasteiger partial charge >= 0.3 is 18.0 Å². The van der Waals surface area contributed by atoms with Gasteiger partial charge in [0, 0.05) is 6.92 Å². The highest BCUT2D eigenvalue weighted by Gasteiger charge is 2.27. The Bertz CT molecular complexity index is 954. The van der Waals surface area contributed by atoms with Gasteiger partial charge in [-0.15, -0.1) is 0 Å². The van der Waals surface area contributed by atoms with Gasteiger partial charge in [0.1, 0.15) is 29.9 Å². The van der Waals surface area contributed by atoms with Crippen molar-refractivity contribution in [2.24, 2.45) is 0 Å². The summed E-state index contributed by atoms with van der Waals surface area (Å²) in [4.78, 5) is 40.6. The molecule has 0 aliphatic heterocycles. The molecule has 0 aliphatic rings. The molecule has 0 saturated heterocycles. The van der Waals surface area contributed by atoms with E-state index in [4.69, 9.17) is 18.9 Å². The minimum Gasteiger partial charge on any atom is -0.486 e. The van der Waals surface area contributed by atoms with E-state index < -0.39 is 23.6 Å². The van der Waals surface area contributed by atoms with Crippen LogP contribution in [0.1, 0.15) is 43.9 Å². The number of imidazole rings is 1. The molecule has 0 fully saturated rings. The van der Waals surface area contributed by atoms with Crippen LogP contribution < -0.4 is 4.74 Å². The van der Waals surface area contributed by atoms with Crippen LogP contribution in [-0.4, -0.2) is 46.9 Å². The van der Waals surface area contributed by atoms with Crippen LogP contribution in [0.2, 0.25) is 0 Å². The molecule has 1 aromatic heterocycles. The first-order chi connectivity index (χ1) is 13.6. The van der Waals surface area contributed by atoms with Gasteiger partial charge in [0.2, 0.25) is 0 Å². The Balaban J connectivity index is 2.72. The molecule has 0 atom stereocenters. The second-order valence-electron chi connectivity index (χ2n) is 7.03. The number of rotatable bonds is 6. The van der Waals surface area contributed by atoms with E-state index >= 15 is 0 Å². The third kappa shape index (κ3) is 5.13. The molecular formula is C20H24N2O7. The maximum atomic E-state index is 12.8. The van der Waals surface area contributed by atoms with Crippen LogP contribution in [0.4, 0.5) is 4.79 Å². The van der Waals surface area contributed by atoms with E-state index in [0.717, 1.165) is 0 Å². The van der Waals surface area contributed by atoms with Gasteiger partial charge in [-0.2, -0.15) is 0 Å². The van der Waals surface area contributed by atoms with E-state index in [2.05, 4.69) is 11.6 Å². The molecule has 0 saturated carbocycles. The molecule has 9 nitrogen and oxygen atoms in total. The lowest BCUT2D eigenvalue weighted by Gasteiger charge is -2.20. The molecular weight excluding hydrogens is 380 g/mol. The number of hydrogen-bond acceptors (Lipinski definition) is 8. The van der Waals surface area contributed by atoms with Gasteiger partial charge in [0.05, 0.1) is 12.6 Å². The summed E-state index contributed by atoms with van der Waals surface area (Å²) in [6.45, 7) is 9.85. The molecule has 0 N–H and O–H groups in total. The number of benzene rings is 1. The molecule has 0 unspecified atom stereocenters. The van der Waals surface area contributed by atoms with Gasteiger partial charge in [-0.05, 0) is 32.9 Å². The van der Waals surface area contributed by atoms with Crippen molar-refractivity contribution < 1.29 is 33.3 Å². The van der Waals surface area contributed by atoms with Crippen molar-refractivity contribution in [2.45, 2.75) is 39.9 Å². The highest BCUT2D eigenvalue weighted by molar-refractivity contribution is 6.01. The lowest BCUT2D eigenvalue weighted by Crippen LogP contribution is -2.28. The number of methoxy groups -OCH3 is 1. The van der Waals surface area contributed by atoms with Crippen molar-refractivity contribution in [3.8, 4) is 5.75 Å². The quantitative estimate of drug-likeness (QED) is 0.410. The van der Waals surface area contributed by atoms with E-state index in [1.807, 2.05) is 0 Å². The van der Waals surface area contributed by atoms with Crippen LogP contribution in [0, 0.1) is 0 Å². The maximum absolute atomic E-state index is 12.8. The summed E-state index contributed by atoms with van der Waals surface area (Å²) in [5.74, 6) is -0.916. The number of carbonyl (C=O) groups is 3. The van der Waals surface area contributed by atoms with Gasteiger partial charge in [-0.1, -0.05) is 12.7 Å². The fraction of sp³-hybridized carbons (Fsp3) is 0.400. The van der Waals surface area contributed by atoms with Crippen LogP contribution in [0.25, 0.3) is 11.0 Å². The average molecular weight is 404 g/mol. The molecule has 0 bridgehead atoms. The second kappa shape index (κ2) is 8.76. The van der Waals surface area contributed by atoms with E-state index in [9.17, 15) is 14.4 Å². The molecule has 1 heterocycles. The molecule has 2 aromatic rings. The van der Waals surface area contributed by atoms with Crippen molar-refractivity contribution in [3.05, 3.63) is 36.2 Å². The number of esters is 2. The Kier molecular flexibility index (Phi) is 6.63. The monoisotopic (exact) mass is 404 g/mol. The summed E-state index contributed by atoms with van der Waals surface area (Å²) in [5, 5.41) is 0. The number of fused-ring (bicyclic) bond motifs is 1. The zero-order valence-electron chi connectivity index (χ0n) is 17.1. The molecule has 0 spiro atoms. The number of hydrogen-bond donors (Lipinski definition) is 0. The van der Waals surface area contributed by atoms with Crippen molar-refractivity contribution in [2.75, 3.05) is 13.7 Å². The highest BCUT2D eigenvalue weighted by Crippen LogP contribution is 2.32. The van der Waals surface area contributed by atoms with Crippen LogP contribution in [0.15, 0.2) is 24.8 Å². The fourth-order valence-corrected chi connectivity index (χ4v) is 2.50. The van der Waals surface area contributed by atoms with Crippen LogP contribution in [0.5, 0.6) is 5.75 Å². The summed E-state index contributed by atoms with van der Waals surface area (Å²) in [6, 6.07) is 2.99. The lowest BCUT2D eigenvalue weighted by atomic mass is 10.1. The molecule has 9 heteroatoms. The summed E-state index contributed by atoms with van der Waals surface area (Å²) < 4.78 is 22.1. The Morgan fingerprint density at radius 2 is 1.93 bits per heavy atom. The topological polar surface area (TPSA) is 106 Å². The predicted molar refractivity (Wildman–Crippen MR) is 104 cm³/mol. The Morgan fingerprint density at radius 1 is 1.24 bits per heavy atom. The van der Waals surface area contributed by atoms with Crippen LogP contribution >= 0.6 is 0 Å². The van der Waals surface area contributed by atoms with Gasteiger partial charge in [0.15, 0.2) is 11.6 Å². The lowest BCUT2D eigenvalue weighted by molar-refractivity contribution is -0.142. The number of ether oxygens (including phenoxy) is 4. The van der Waals surface area contributed by atoms with Gasteiger partial charge in [0.25, 0.3) is 0 Å². The predicted octanol–water partition coefficient (Wildman–Crippen LogP) is 3.23. The molecule has 29 heavy (non-hydrogen) atoms. The molecule has 2 rings (SSSR count). The summed E-state index contributed by atoms with van der Waals surface area (Å²) in [7, 11) is 1.25. The van der Waals surface area contributed by atoms with E-state index in [1.165, 1.54) is 36.8 Å². The Labute approximate surface area is 168 Å². The van der Waals surface area contributed by atoms with Crippen molar-refractivity contribution in [1.82, 2.24) is 9.55 Å². The SMILES string of the molecule is C=CCOc1c(C(=O)OC)ccc2c1nc(COC(C)=O)n2C(=O)OC(C)(C)C. The average Bonchev–Trinajstić information content (AvgIpc) is 3.01. The number of aromatic nitrogens is 2. The smallest absolute Gasteiger partial charge is 0.420 e. The summed E-state index contributed by atoms with van der Waals surface area (Å²) in [6.07, 6.45) is 0.799. The van der Waals surface area contributed by atoms with Crippen LogP contribution in [0.3, 0.4) is 0 Å². The van der Waals surface area contributed by atoms with Crippen molar-refractivity contribution in [3.63, 3.8) is 0 Å². The maximum Gasteiger partial charge on any atom is 0.420 e. The standard InChI is InChI=1S/C20H24N2O7/c1-7-10-27-17-13(18(24)26-6)8-9-14-16(17)21-15(11-28-12(2)23)22(14)19(25)29-20(3,4)5/h7-9H,1,10-11H2,2-6H3. The summed E-state index contributed by atoms with van der Waals surface area (Å²) >= 11 is 0. The van der Waals surface area contributed by atoms with Crippen molar-refractivity contribution >= 4 is 29.1 Å². The first kappa shape index (κ1) is 21.9. The van der Waals surface area contributed by atoms with Crippen LogP contribution in [-0.2, 0) is 25.6 Å². The molecule has 0 amide bonds. The Hall–Kier alpha value is -3.36. The third-order valence-electron chi connectivity index (χ3n) is 3.58. The zero-order chi connectivity index (χ0) is 21.8. The molecule has 1 aromatic carbocycles. The van der Waals surface area contributed by atoms with E-state index in [0.29, 0.717) is 5.52 Å². The van der Waals surface area contributed by atoms with Gasteiger partial charge < -0.3 is 18.9 Å². The first-order valence-electron chi connectivity index (χ1n) is 8.82. The largest absolute Gasteiger partial charge is 0.486 e. The molecule has 0 radical (unpaired) electrons. The molecule has 156 valence electrons. The second-order valence-corrected chi connectivity index (χ2v) is 7.03. The third-order valence-corrected chi connectivity index (χ3v) is 3.58. The molecule has 0 aliphatic carbocycles. The van der Waals surface area contributed by atoms with E-state index in [-0.39, 0.29) is 35.9 Å². The van der Waals surface area contributed by atoms with Crippen molar-refractivity contribution in [1.29, 1.82) is 0 Å². The van der Waals surface area contributed by atoms with Gasteiger partial charge in [-0.3, -0.25) is 4.79 Å². The number of nitrogens with zero attached hydrogens (tertiary/aromatic N) is 2. The highest BCUT2D eigenvalue weighted by atomic mass is 16.6. The normalized spacial score (nSPS) is 11.1.